The summed E-state index contributed by atoms with van der Waals surface area (Å²) in [5, 5.41) is 13.1. The van der Waals surface area contributed by atoms with Crippen LogP contribution in [0.1, 0.15) is 12.1 Å². The van der Waals surface area contributed by atoms with Crippen molar-refractivity contribution in [3.05, 3.63) is 32.6 Å². The summed E-state index contributed by atoms with van der Waals surface area (Å²) in [5.74, 6) is 0. The minimum atomic E-state index is -0.849. The van der Waals surface area contributed by atoms with Crippen LogP contribution in [-0.2, 0) is 25.4 Å². The van der Waals surface area contributed by atoms with E-state index >= 15 is 0 Å². The van der Waals surface area contributed by atoms with Crippen LogP contribution in [0.3, 0.4) is 0 Å². The van der Waals surface area contributed by atoms with Crippen LogP contribution in [0.2, 0.25) is 0 Å². The van der Waals surface area contributed by atoms with Gasteiger partial charge in [-0.25, -0.2) is 4.79 Å². The molecule has 19 heavy (non-hydrogen) atoms. The first-order valence-electron chi connectivity index (χ1n) is 6.20. The van der Waals surface area contributed by atoms with Gasteiger partial charge in [-0.2, -0.15) is 0 Å². The molecular weight excluding hydrogens is 250 g/mol. The number of ether oxygens (including phenoxy) is 1. The highest BCUT2D eigenvalue weighted by Gasteiger charge is 2.31. The highest BCUT2D eigenvalue weighted by atomic mass is 16.5. The molecule has 0 amide bonds. The van der Waals surface area contributed by atoms with Crippen molar-refractivity contribution in [2.45, 2.75) is 18.6 Å². The Labute approximate surface area is 110 Å². The number of hydrogen-bond acceptors (Lipinski definition) is 5. The van der Waals surface area contributed by atoms with E-state index in [1.807, 2.05) is 0 Å². The lowest BCUT2D eigenvalue weighted by Crippen LogP contribution is -2.43. The summed E-state index contributed by atoms with van der Waals surface area (Å²) in [5.41, 5.74) is -0.941. The molecule has 1 aliphatic heterocycles. The fourth-order valence-electron chi connectivity index (χ4n) is 2.11. The van der Waals surface area contributed by atoms with Gasteiger partial charge in [0.15, 0.2) is 0 Å². The lowest BCUT2D eigenvalue weighted by Gasteiger charge is -2.21. The SMILES string of the molecule is Cn1c(CNCC2(O)CCOC2)cc(=O)n(C)c1=O. The van der Waals surface area contributed by atoms with Gasteiger partial charge in [0.25, 0.3) is 5.56 Å². The Morgan fingerprint density at radius 3 is 2.79 bits per heavy atom. The maximum absolute atomic E-state index is 11.7. The first-order chi connectivity index (χ1) is 8.93. The molecule has 0 spiro atoms. The number of aromatic nitrogens is 2. The Bertz CT molecular complexity index is 569. The molecule has 0 radical (unpaired) electrons. The van der Waals surface area contributed by atoms with Crippen molar-refractivity contribution in [1.29, 1.82) is 0 Å². The number of hydrogen-bond donors (Lipinski definition) is 2. The van der Waals surface area contributed by atoms with Gasteiger partial charge in [0.1, 0.15) is 5.60 Å². The number of rotatable bonds is 4. The van der Waals surface area contributed by atoms with Crippen LogP contribution in [0.5, 0.6) is 0 Å². The van der Waals surface area contributed by atoms with Crippen molar-refractivity contribution in [2.24, 2.45) is 14.1 Å². The molecule has 0 bridgehead atoms. The Balaban J connectivity index is 2.04. The van der Waals surface area contributed by atoms with Crippen molar-refractivity contribution in [2.75, 3.05) is 19.8 Å². The zero-order chi connectivity index (χ0) is 14.0. The highest BCUT2D eigenvalue weighted by Crippen LogP contribution is 2.16. The second kappa shape index (κ2) is 5.28. The van der Waals surface area contributed by atoms with E-state index in [-0.39, 0.29) is 11.2 Å². The molecule has 0 aromatic carbocycles. The lowest BCUT2D eigenvalue weighted by molar-refractivity contribution is 0.0267. The van der Waals surface area contributed by atoms with Crippen LogP contribution in [0.25, 0.3) is 0 Å². The first-order valence-corrected chi connectivity index (χ1v) is 6.20. The fourth-order valence-corrected chi connectivity index (χ4v) is 2.11. The predicted molar refractivity (Wildman–Crippen MR) is 69.0 cm³/mol. The van der Waals surface area contributed by atoms with Crippen molar-refractivity contribution >= 4 is 0 Å². The predicted octanol–water partition coefficient (Wildman–Crippen LogP) is -1.67. The molecule has 2 heterocycles. The van der Waals surface area contributed by atoms with Crippen molar-refractivity contribution in [3.63, 3.8) is 0 Å². The van der Waals surface area contributed by atoms with Crippen molar-refractivity contribution < 1.29 is 9.84 Å². The van der Waals surface area contributed by atoms with E-state index in [9.17, 15) is 14.7 Å². The Morgan fingerprint density at radius 2 is 2.16 bits per heavy atom. The van der Waals surface area contributed by atoms with Crippen LogP contribution >= 0.6 is 0 Å². The third-order valence-electron chi connectivity index (χ3n) is 3.47. The van der Waals surface area contributed by atoms with Gasteiger partial charge in [0.2, 0.25) is 0 Å². The second-order valence-corrected chi connectivity index (χ2v) is 5.01. The van der Waals surface area contributed by atoms with E-state index < -0.39 is 5.60 Å². The van der Waals surface area contributed by atoms with E-state index in [4.69, 9.17) is 4.74 Å². The molecule has 1 unspecified atom stereocenters. The number of nitrogens with zero attached hydrogens (tertiary/aromatic N) is 2. The van der Waals surface area contributed by atoms with Gasteiger partial charge in [-0.05, 0) is 0 Å². The fraction of sp³-hybridized carbons (Fsp3) is 0.667. The molecule has 1 aromatic heterocycles. The molecule has 106 valence electrons. The molecule has 1 aliphatic rings. The monoisotopic (exact) mass is 269 g/mol. The summed E-state index contributed by atoms with van der Waals surface area (Å²) in [4.78, 5) is 23.3. The van der Waals surface area contributed by atoms with E-state index in [0.717, 1.165) is 4.57 Å². The number of nitrogens with one attached hydrogen (secondary N) is 1. The summed E-state index contributed by atoms with van der Waals surface area (Å²) in [6, 6.07) is 1.42. The molecule has 1 atom stereocenters. The van der Waals surface area contributed by atoms with Gasteiger partial charge in [-0.15, -0.1) is 0 Å². The summed E-state index contributed by atoms with van der Waals surface area (Å²) < 4.78 is 7.62. The highest BCUT2D eigenvalue weighted by molar-refractivity contribution is 5.02. The molecule has 7 heteroatoms. The van der Waals surface area contributed by atoms with E-state index in [1.165, 1.54) is 17.7 Å². The van der Waals surface area contributed by atoms with Crippen LogP contribution in [0.15, 0.2) is 15.7 Å². The van der Waals surface area contributed by atoms with Crippen molar-refractivity contribution in [1.82, 2.24) is 14.5 Å². The van der Waals surface area contributed by atoms with Gasteiger partial charge in [-0.1, -0.05) is 0 Å². The summed E-state index contributed by atoms with van der Waals surface area (Å²) in [7, 11) is 3.06. The van der Waals surface area contributed by atoms with E-state index in [1.54, 1.807) is 7.05 Å². The molecule has 1 saturated heterocycles. The average molecular weight is 269 g/mol. The Kier molecular flexibility index (Phi) is 3.88. The normalized spacial score (nSPS) is 22.9. The zero-order valence-electron chi connectivity index (χ0n) is 11.2. The number of aliphatic hydroxyl groups is 1. The molecule has 1 aromatic rings. The third kappa shape index (κ3) is 2.94. The molecule has 2 N–H and O–H groups in total. The third-order valence-corrected chi connectivity index (χ3v) is 3.47. The summed E-state index contributed by atoms with van der Waals surface area (Å²) >= 11 is 0. The van der Waals surface area contributed by atoms with Gasteiger partial charge < -0.3 is 15.2 Å². The van der Waals surface area contributed by atoms with Gasteiger partial charge in [0.05, 0.1) is 6.61 Å². The molecule has 2 rings (SSSR count). The van der Waals surface area contributed by atoms with E-state index in [0.29, 0.717) is 38.4 Å². The summed E-state index contributed by atoms with van der Waals surface area (Å²) in [6.45, 7) is 1.60. The largest absolute Gasteiger partial charge is 0.386 e. The molecule has 0 saturated carbocycles. The quantitative estimate of drug-likeness (QED) is 0.682. The standard InChI is InChI=1S/C12H19N3O4/c1-14-9(5-10(16)15(2)11(14)17)6-13-7-12(18)3-4-19-8-12/h5,13,18H,3-4,6-8H2,1-2H3. The lowest BCUT2D eigenvalue weighted by atomic mass is 10.0. The van der Waals surface area contributed by atoms with Gasteiger partial charge >= 0.3 is 5.69 Å². The van der Waals surface area contributed by atoms with Crippen LogP contribution in [0.4, 0.5) is 0 Å². The van der Waals surface area contributed by atoms with Crippen molar-refractivity contribution in [3.8, 4) is 0 Å². The molecule has 0 aliphatic carbocycles. The Hall–Kier alpha value is -1.44. The zero-order valence-corrected chi connectivity index (χ0v) is 11.2. The smallest absolute Gasteiger partial charge is 0.330 e. The van der Waals surface area contributed by atoms with Gasteiger partial charge in [0, 0.05) is 52.0 Å². The maximum Gasteiger partial charge on any atom is 0.330 e. The van der Waals surface area contributed by atoms with E-state index in [2.05, 4.69) is 5.32 Å². The van der Waals surface area contributed by atoms with Crippen LogP contribution in [0, 0.1) is 0 Å². The Morgan fingerprint density at radius 1 is 1.42 bits per heavy atom. The second-order valence-electron chi connectivity index (χ2n) is 5.01. The molecular formula is C12H19N3O4. The van der Waals surface area contributed by atoms with Gasteiger partial charge in [-0.3, -0.25) is 13.9 Å². The average Bonchev–Trinajstić information content (AvgIpc) is 2.80. The maximum atomic E-state index is 11.7. The summed E-state index contributed by atoms with van der Waals surface area (Å²) in [6.07, 6.45) is 0.593. The first kappa shape index (κ1) is 14.0. The molecule has 7 nitrogen and oxygen atoms in total. The minimum absolute atomic E-state index is 0.315. The minimum Gasteiger partial charge on any atom is -0.386 e. The van der Waals surface area contributed by atoms with Crippen LogP contribution in [-0.4, -0.2) is 39.6 Å². The topological polar surface area (TPSA) is 85.5 Å². The van der Waals surface area contributed by atoms with Crippen LogP contribution < -0.4 is 16.6 Å². The molecule has 1 fully saturated rings.